The summed E-state index contributed by atoms with van der Waals surface area (Å²) in [7, 11) is 0.238. The molecule has 0 heterocycles. The quantitative estimate of drug-likeness (QED) is 0.513. The van der Waals surface area contributed by atoms with E-state index >= 15 is 0 Å². The van der Waals surface area contributed by atoms with Crippen LogP contribution in [0.2, 0.25) is 0 Å². The van der Waals surface area contributed by atoms with Crippen LogP contribution in [0, 0.1) is 0 Å². The Morgan fingerprint density at radius 2 is 2.00 bits per heavy atom. The van der Waals surface area contributed by atoms with Crippen LogP contribution in [0.25, 0.3) is 0 Å². The van der Waals surface area contributed by atoms with Gasteiger partial charge in [-0.05, 0) is 20.0 Å². The summed E-state index contributed by atoms with van der Waals surface area (Å²) in [6.45, 7) is 1.47. The average molecular weight is 210 g/mol. The van der Waals surface area contributed by atoms with E-state index in [0.29, 0.717) is 26.1 Å². The highest BCUT2D eigenvalue weighted by Gasteiger charge is 2.07. The molecule has 0 fully saturated rings. The van der Waals surface area contributed by atoms with Gasteiger partial charge < -0.3 is 10.1 Å². The molecule has 0 saturated carbocycles. The van der Waals surface area contributed by atoms with Crippen LogP contribution in [0.5, 0.6) is 0 Å². The minimum absolute atomic E-state index is 0.164. The van der Waals surface area contributed by atoms with Gasteiger partial charge >= 0.3 is 0 Å². The molecule has 0 aromatic heterocycles. The third-order valence-electron chi connectivity index (χ3n) is 1.47. The predicted molar refractivity (Wildman–Crippen MR) is 52.2 cm³/mol. The van der Waals surface area contributed by atoms with E-state index in [9.17, 15) is 8.42 Å². The van der Waals surface area contributed by atoms with E-state index in [1.165, 1.54) is 7.11 Å². The second kappa shape index (κ2) is 7.25. The fourth-order valence-electron chi connectivity index (χ4n) is 0.810. The summed E-state index contributed by atoms with van der Waals surface area (Å²) >= 11 is 0. The van der Waals surface area contributed by atoms with Crippen LogP contribution >= 0.6 is 0 Å². The number of methoxy groups -OCH3 is 1. The first kappa shape index (κ1) is 12.8. The fraction of sp³-hybridized carbons (Fsp3) is 1.00. The van der Waals surface area contributed by atoms with Gasteiger partial charge in [-0.3, -0.25) is 0 Å². The number of nitrogens with one attached hydrogen (secondary N) is 2. The van der Waals surface area contributed by atoms with Crippen LogP contribution in [0.1, 0.15) is 6.42 Å². The molecule has 13 heavy (non-hydrogen) atoms. The molecule has 2 N–H and O–H groups in total. The van der Waals surface area contributed by atoms with E-state index in [4.69, 9.17) is 4.74 Å². The SMILES string of the molecule is CNCCCS(=O)(=O)NCCOC. The van der Waals surface area contributed by atoms with E-state index < -0.39 is 10.0 Å². The van der Waals surface area contributed by atoms with Crippen LogP contribution in [0.4, 0.5) is 0 Å². The van der Waals surface area contributed by atoms with Crippen molar-refractivity contribution in [3.63, 3.8) is 0 Å². The standard InChI is InChI=1S/C7H18N2O3S/c1-8-4-3-7-13(10,11)9-5-6-12-2/h8-9H,3-7H2,1-2H3. The van der Waals surface area contributed by atoms with Crippen molar-refractivity contribution in [1.29, 1.82) is 0 Å². The molecule has 0 aromatic rings. The Morgan fingerprint density at radius 1 is 1.31 bits per heavy atom. The molecule has 0 bridgehead atoms. The Hall–Kier alpha value is -0.170. The van der Waals surface area contributed by atoms with Gasteiger partial charge in [-0.15, -0.1) is 0 Å². The maximum atomic E-state index is 11.2. The molecule has 0 aliphatic heterocycles. The summed E-state index contributed by atoms with van der Waals surface area (Å²) in [5, 5.41) is 2.89. The van der Waals surface area contributed by atoms with Gasteiger partial charge in [0, 0.05) is 13.7 Å². The zero-order chi connectivity index (χ0) is 10.2. The van der Waals surface area contributed by atoms with E-state index in [0.717, 1.165) is 0 Å². The second-order valence-corrected chi connectivity index (χ2v) is 4.59. The van der Waals surface area contributed by atoms with Gasteiger partial charge in [0.2, 0.25) is 10.0 Å². The molecule has 0 saturated heterocycles. The highest BCUT2D eigenvalue weighted by molar-refractivity contribution is 7.89. The van der Waals surface area contributed by atoms with Crippen molar-refractivity contribution in [2.24, 2.45) is 0 Å². The normalized spacial score (nSPS) is 11.8. The van der Waals surface area contributed by atoms with Crippen molar-refractivity contribution in [2.45, 2.75) is 6.42 Å². The van der Waals surface area contributed by atoms with Gasteiger partial charge in [-0.25, -0.2) is 13.1 Å². The van der Waals surface area contributed by atoms with Crippen molar-refractivity contribution < 1.29 is 13.2 Å². The van der Waals surface area contributed by atoms with E-state index in [-0.39, 0.29) is 5.75 Å². The number of sulfonamides is 1. The van der Waals surface area contributed by atoms with Crippen molar-refractivity contribution in [1.82, 2.24) is 10.0 Å². The smallest absolute Gasteiger partial charge is 0.211 e. The maximum absolute atomic E-state index is 11.2. The molecular formula is C7H18N2O3S. The lowest BCUT2D eigenvalue weighted by Gasteiger charge is -2.05. The van der Waals surface area contributed by atoms with Crippen LogP contribution in [0.15, 0.2) is 0 Å². The Labute approximate surface area is 79.9 Å². The maximum Gasteiger partial charge on any atom is 0.211 e. The van der Waals surface area contributed by atoms with Gasteiger partial charge in [-0.2, -0.15) is 0 Å². The number of rotatable bonds is 8. The highest BCUT2D eigenvalue weighted by Crippen LogP contribution is 1.87. The summed E-state index contributed by atoms with van der Waals surface area (Å²) in [6.07, 6.45) is 0.624. The van der Waals surface area contributed by atoms with Crippen molar-refractivity contribution in [2.75, 3.05) is 39.6 Å². The Kier molecular flexibility index (Phi) is 7.16. The molecule has 5 nitrogen and oxygen atoms in total. The van der Waals surface area contributed by atoms with Crippen molar-refractivity contribution in [3.05, 3.63) is 0 Å². The van der Waals surface area contributed by atoms with E-state index in [1.807, 2.05) is 0 Å². The second-order valence-electron chi connectivity index (χ2n) is 2.66. The first-order valence-corrected chi connectivity index (χ1v) is 5.88. The zero-order valence-corrected chi connectivity index (χ0v) is 8.99. The molecule has 0 spiro atoms. The average Bonchev–Trinajstić information content (AvgIpc) is 2.05. The van der Waals surface area contributed by atoms with Gasteiger partial charge in [0.15, 0.2) is 0 Å². The number of hydrogen-bond donors (Lipinski definition) is 2. The Morgan fingerprint density at radius 3 is 2.54 bits per heavy atom. The first-order valence-electron chi connectivity index (χ1n) is 4.23. The van der Waals surface area contributed by atoms with Crippen LogP contribution in [-0.4, -0.2) is 48.0 Å². The van der Waals surface area contributed by atoms with Gasteiger partial charge in [-0.1, -0.05) is 0 Å². The first-order chi connectivity index (χ1) is 6.12. The van der Waals surface area contributed by atoms with Crippen LogP contribution in [-0.2, 0) is 14.8 Å². The monoisotopic (exact) mass is 210 g/mol. The lowest BCUT2D eigenvalue weighted by molar-refractivity contribution is 0.204. The molecule has 0 rings (SSSR count). The minimum Gasteiger partial charge on any atom is -0.383 e. The third kappa shape index (κ3) is 8.17. The third-order valence-corrected chi connectivity index (χ3v) is 2.94. The van der Waals surface area contributed by atoms with E-state index in [2.05, 4.69) is 10.0 Å². The molecule has 0 unspecified atom stereocenters. The summed E-state index contributed by atoms with van der Waals surface area (Å²) in [5.74, 6) is 0.164. The van der Waals surface area contributed by atoms with Crippen molar-refractivity contribution in [3.8, 4) is 0 Å². The summed E-state index contributed by atoms with van der Waals surface area (Å²) in [6, 6.07) is 0. The molecule has 0 atom stereocenters. The van der Waals surface area contributed by atoms with Gasteiger partial charge in [0.1, 0.15) is 0 Å². The Balaban J connectivity index is 3.55. The molecular weight excluding hydrogens is 192 g/mol. The predicted octanol–water partition coefficient (Wildman–Crippen LogP) is -0.838. The van der Waals surface area contributed by atoms with Crippen molar-refractivity contribution >= 4 is 10.0 Å². The highest BCUT2D eigenvalue weighted by atomic mass is 32.2. The van der Waals surface area contributed by atoms with E-state index in [1.54, 1.807) is 7.05 Å². The fourth-order valence-corrected chi connectivity index (χ4v) is 1.87. The van der Waals surface area contributed by atoms with Gasteiger partial charge in [0.05, 0.1) is 12.4 Å². The minimum atomic E-state index is -3.10. The molecule has 6 heteroatoms. The lowest BCUT2D eigenvalue weighted by atomic mass is 10.5. The Bertz CT molecular complexity index is 188. The van der Waals surface area contributed by atoms with Gasteiger partial charge in [0.25, 0.3) is 0 Å². The largest absolute Gasteiger partial charge is 0.383 e. The molecule has 0 aromatic carbocycles. The number of ether oxygens (including phenoxy) is 1. The summed E-state index contributed by atoms with van der Waals surface area (Å²) in [5.41, 5.74) is 0. The summed E-state index contributed by atoms with van der Waals surface area (Å²) in [4.78, 5) is 0. The zero-order valence-electron chi connectivity index (χ0n) is 8.17. The summed E-state index contributed by atoms with van der Waals surface area (Å²) < 4.78 is 29.5. The van der Waals surface area contributed by atoms with Crippen LogP contribution in [0.3, 0.4) is 0 Å². The lowest BCUT2D eigenvalue weighted by Crippen LogP contribution is -2.30. The van der Waals surface area contributed by atoms with Crippen LogP contribution < -0.4 is 10.0 Å². The molecule has 80 valence electrons. The topological polar surface area (TPSA) is 67.4 Å². The molecule has 0 radical (unpaired) electrons. The number of hydrogen-bond acceptors (Lipinski definition) is 4. The molecule has 0 aliphatic carbocycles. The molecule has 0 aliphatic rings. The molecule has 0 amide bonds.